The molecule has 0 saturated carbocycles. The van der Waals surface area contributed by atoms with Crippen LogP contribution in [0.3, 0.4) is 0 Å². The van der Waals surface area contributed by atoms with Crippen molar-refractivity contribution >= 4 is 5.57 Å². The van der Waals surface area contributed by atoms with Crippen LogP contribution in [0.2, 0.25) is 0 Å². The number of rotatable bonds is 5. The molecule has 0 amide bonds. The summed E-state index contributed by atoms with van der Waals surface area (Å²) in [6.07, 6.45) is 10.8. The van der Waals surface area contributed by atoms with Gasteiger partial charge in [0.2, 0.25) is 0 Å². The van der Waals surface area contributed by atoms with E-state index in [0.29, 0.717) is 0 Å². The molecule has 1 heterocycles. The summed E-state index contributed by atoms with van der Waals surface area (Å²) in [6, 6.07) is 8.11. The third kappa shape index (κ3) is 3.58. The smallest absolute Gasteiger partial charge is 0.0682 e. The maximum atomic E-state index is 9.27. The zero-order valence-electron chi connectivity index (χ0n) is 11.4. The Labute approximate surface area is 115 Å². The van der Waals surface area contributed by atoms with Crippen LogP contribution >= 0.6 is 0 Å². The molecule has 0 aliphatic carbocycles. The van der Waals surface area contributed by atoms with Crippen LogP contribution in [0.1, 0.15) is 30.9 Å². The fourth-order valence-corrected chi connectivity index (χ4v) is 2.17. The largest absolute Gasteiger partial charge is 0.392 e. The van der Waals surface area contributed by atoms with Crippen LogP contribution in [0.4, 0.5) is 0 Å². The van der Waals surface area contributed by atoms with Gasteiger partial charge in [0.15, 0.2) is 0 Å². The van der Waals surface area contributed by atoms with Crippen molar-refractivity contribution in [3.8, 4) is 0 Å². The lowest BCUT2D eigenvalue weighted by Crippen LogP contribution is -2.10. The quantitative estimate of drug-likeness (QED) is 0.845. The number of nitrogens with one attached hydrogen (secondary N) is 1. The van der Waals surface area contributed by atoms with Crippen molar-refractivity contribution in [3.05, 3.63) is 65.4 Å². The summed E-state index contributed by atoms with van der Waals surface area (Å²) >= 11 is 0. The first-order valence-electron chi connectivity index (χ1n) is 6.86. The Bertz CT molecular complexity index is 512. The van der Waals surface area contributed by atoms with Gasteiger partial charge in [0.25, 0.3) is 0 Å². The number of benzene rings is 1. The number of aliphatic hydroxyl groups is 1. The van der Waals surface area contributed by atoms with Gasteiger partial charge in [-0.2, -0.15) is 0 Å². The monoisotopic (exact) mass is 255 g/mol. The Morgan fingerprint density at radius 2 is 2.32 bits per heavy atom. The number of unbranched alkanes of at least 4 members (excludes halogenated alkanes) is 1. The second kappa shape index (κ2) is 6.95. The second-order valence-electron chi connectivity index (χ2n) is 4.68. The van der Waals surface area contributed by atoms with Crippen LogP contribution < -0.4 is 5.32 Å². The van der Waals surface area contributed by atoms with Gasteiger partial charge >= 0.3 is 0 Å². The highest BCUT2D eigenvalue weighted by Gasteiger charge is 2.08. The number of aliphatic hydroxyl groups excluding tert-OH is 1. The van der Waals surface area contributed by atoms with Gasteiger partial charge in [0.1, 0.15) is 0 Å². The van der Waals surface area contributed by atoms with E-state index < -0.39 is 0 Å². The number of hydrogen-bond acceptors (Lipinski definition) is 2. The molecule has 0 bridgehead atoms. The first-order chi connectivity index (χ1) is 9.35. The van der Waals surface area contributed by atoms with Crippen molar-refractivity contribution in [3.63, 3.8) is 0 Å². The highest BCUT2D eigenvalue weighted by atomic mass is 16.3. The van der Waals surface area contributed by atoms with Crippen molar-refractivity contribution < 1.29 is 5.11 Å². The summed E-state index contributed by atoms with van der Waals surface area (Å²) in [5.41, 5.74) is 4.56. The van der Waals surface area contributed by atoms with Gasteiger partial charge in [0, 0.05) is 12.7 Å². The Morgan fingerprint density at radius 1 is 1.42 bits per heavy atom. The Kier molecular flexibility index (Phi) is 4.99. The van der Waals surface area contributed by atoms with Gasteiger partial charge in [-0.25, -0.2) is 0 Å². The van der Waals surface area contributed by atoms with E-state index in [1.54, 1.807) is 0 Å². The lowest BCUT2D eigenvalue weighted by atomic mass is 9.94. The molecule has 1 aromatic carbocycles. The molecule has 0 atom stereocenters. The molecule has 2 nitrogen and oxygen atoms in total. The van der Waals surface area contributed by atoms with Gasteiger partial charge in [-0.1, -0.05) is 49.8 Å². The van der Waals surface area contributed by atoms with Crippen LogP contribution in [-0.2, 0) is 6.61 Å². The van der Waals surface area contributed by atoms with E-state index in [2.05, 4.69) is 48.8 Å². The zero-order chi connectivity index (χ0) is 13.5. The van der Waals surface area contributed by atoms with Crippen molar-refractivity contribution in [1.29, 1.82) is 0 Å². The fourth-order valence-electron chi connectivity index (χ4n) is 2.17. The minimum absolute atomic E-state index is 0.0854. The average molecular weight is 255 g/mol. The lowest BCUT2D eigenvalue weighted by Gasteiger charge is -2.14. The van der Waals surface area contributed by atoms with E-state index in [-0.39, 0.29) is 6.61 Å². The van der Waals surface area contributed by atoms with E-state index >= 15 is 0 Å². The minimum atomic E-state index is 0.0854. The molecule has 1 aliphatic heterocycles. The number of dihydropyridines is 1. The average Bonchev–Trinajstić information content (AvgIpc) is 2.49. The summed E-state index contributed by atoms with van der Waals surface area (Å²) in [6.45, 7) is 3.16. The van der Waals surface area contributed by atoms with Gasteiger partial charge in [-0.15, -0.1) is 0 Å². The molecule has 19 heavy (non-hydrogen) atoms. The molecule has 2 rings (SSSR count). The second-order valence-corrected chi connectivity index (χ2v) is 4.68. The summed E-state index contributed by atoms with van der Waals surface area (Å²) < 4.78 is 0. The van der Waals surface area contributed by atoms with E-state index in [1.807, 2.05) is 12.1 Å². The molecule has 0 fully saturated rings. The molecule has 2 heteroatoms. The molecule has 100 valence electrons. The van der Waals surface area contributed by atoms with Crippen molar-refractivity contribution in [1.82, 2.24) is 5.32 Å². The van der Waals surface area contributed by atoms with Crippen LogP contribution in [0.15, 0.2) is 54.3 Å². The maximum Gasteiger partial charge on any atom is 0.0682 e. The molecular formula is C17H21NO. The number of hydrogen-bond donors (Lipinski definition) is 2. The Morgan fingerprint density at radius 3 is 3.00 bits per heavy atom. The van der Waals surface area contributed by atoms with Gasteiger partial charge < -0.3 is 10.4 Å². The van der Waals surface area contributed by atoms with Crippen molar-refractivity contribution in [2.75, 3.05) is 6.54 Å². The molecule has 0 aromatic heterocycles. The highest BCUT2D eigenvalue weighted by molar-refractivity contribution is 5.82. The first-order valence-corrected chi connectivity index (χ1v) is 6.86. The first kappa shape index (κ1) is 13.6. The molecule has 0 unspecified atom stereocenters. The predicted octanol–water partition coefficient (Wildman–Crippen LogP) is 3.41. The SMILES string of the molecule is CCC/C=C(/C1=CNCC=C1)c1cccc(CO)c1. The van der Waals surface area contributed by atoms with Crippen molar-refractivity contribution in [2.45, 2.75) is 26.4 Å². The van der Waals surface area contributed by atoms with Gasteiger partial charge in [-0.3, -0.25) is 0 Å². The molecule has 0 spiro atoms. The maximum absolute atomic E-state index is 9.27. The lowest BCUT2D eigenvalue weighted by molar-refractivity contribution is 0.282. The van der Waals surface area contributed by atoms with E-state index in [0.717, 1.165) is 24.9 Å². The highest BCUT2D eigenvalue weighted by Crippen LogP contribution is 2.26. The molecular weight excluding hydrogens is 234 g/mol. The fraction of sp³-hybridized carbons (Fsp3) is 0.294. The summed E-state index contributed by atoms with van der Waals surface area (Å²) in [4.78, 5) is 0. The standard InChI is InChI=1S/C17H21NO/c1-2-3-9-17(16-8-5-10-18-12-16)15-7-4-6-14(11-15)13-19/h4-9,11-12,18-19H,2-3,10,13H2,1H3/b17-9+. The van der Waals surface area contributed by atoms with Crippen LogP contribution in [0.25, 0.3) is 5.57 Å². The topological polar surface area (TPSA) is 32.3 Å². The Hall–Kier alpha value is -1.80. The van der Waals surface area contributed by atoms with E-state index in [9.17, 15) is 5.11 Å². The third-order valence-corrected chi connectivity index (χ3v) is 3.16. The molecule has 0 radical (unpaired) electrons. The zero-order valence-corrected chi connectivity index (χ0v) is 11.4. The van der Waals surface area contributed by atoms with Gasteiger partial charge in [-0.05, 0) is 34.8 Å². The van der Waals surface area contributed by atoms with Crippen LogP contribution in [0, 0.1) is 0 Å². The normalized spacial score (nSPS) is 15.1. The summed E-state index contributed by atoms with van der Waals surface area (Å²) in [5, 5.41) is 12.5. The molecule has 2 N–H and O–H groups in total. The predicted molar refractivity (Wildman–Crippen MR) is 80.5 cm³/mol. The van der Waals surface area contributed by atoms with E-state index in [4.69, 9.17) is 0 Å². The van der Waals surface area contributed by atoms with Crippen molar-refractivity contribution in [2.24, 2.45) is 0 Å². The van der Waals surface area contributed by atoms with E-state index in [1.165, 1.54) is 16.7 Å². The van der Waals surface area contributed by atoms with Crippen LogP contribution in [0.5, 0.6) is 0 Å². The molecule has 1 aromatic rings. The number of allylic oxidation sites excluding steroid dienone is 4. The summed E-state index contributed by atoms with van der Waals surface area (Å²) in [7, 11) is 0. The Balaban J connectivity index is 2.36. The summed E-state index contributed by atoms with van der Waals surface area (Å²) in [5.74, 6) is 0. The third-order valence-electron chi connectivity index (χ3n) is 3.16. The van der Waals surface area contributed by atoms with Crippen LogP contribution in [-0.4, -0.2) is 11.7 Å². The van der Waals surface area contributed by atoms with Gasteiger partial charge in [0.05, 0.1) is 6.61 Å². The molecule has 1 aliphatic rings. The molecule has 0 saturated heterocycles. The minimum Gasteiger partial charge on any atom is -0.392 e.